The molecule has 3 rings (SSSR count). The van der Waals surface area contributed by atoms with Crippen LogP contribution in [0.5, 0.6) is 5.88 Å². The van der Waals surface area contributed by atoms with E-state index in [1.807, 2.05) is 28.8 Å². The van der Waals surface area contributed by atoms with Crippen LogP contribution in [0.3, 0.4) is 0 Å². The number of fused-ring (bicyclic) bond motifs is 1. The highest BCUT2D eigenvalue weighted by molar-refractivity contribution is 7.91. The van der Waals surface area contributed by atoms with Gasteiger partial charge in [0, 0.05) is 12.1 Å². The molecule has 1 aliphatic rings. The van der Waals surface area contributed by atoms with E-state index in [1.165, 1.54) is 0 Å². The molecule has 0 radical (unpaired) electrons. The van der Waals surface area contributed by atoms with E-state index in [9.17, 15) is 8.42 Å². The summed E-state index contributed by atoms with van der Waals surface area (Å²) < 4.78 is 30.1. The van der Waals surface area contributed by atoms with Gasteiger partial charge in [-0.1, -0.05) is 6.07 Å². The van der Waals surface area contributed by atoms with E-state index in [-0.39, 0.29) is 17.4 Å². The predicted octanol–water partition coefficient (Wildman–Crippen LogP) is 1.24. The van der Waals surface area contributed by atoms with Gasteiger partial charge >= 0.3 is 0 Å². The molecule has 1 fully saturated rings. The van der Waals surface area contributed by atoms with Crippen LogP contribution in [0.25, 0.3) is 5.65 Å². The molecule has 0 aromatic carbocycles. The number of ether oxygens (including phenoxy) is 1. The molecule has 1 saturated heterocycles. The maximum absolute atomic E-state index is 11.5. The topological polar surface area (TPSA) is 60.7 Å². The second-order valence-corrected chi connectivity index (χ2v) is 6.79. The fourth-order valence-electron chi connectivity index (χ4n) is 2.40. The Hall–Kier alpha value is -1.56. The van der Waals surface area contributed by atoms with Gasteiger partial charge < -0.3 is 4.74 Å². The van der Waals surface area contributed by atoms with Crippen LogP contribution < -0.4 is 4.74 Å². The number of sulfone groups is 1. The van der Waals surface area contributed by atoms with Gasteiger partial charge in [-0.05, 0) is 18.6 Å². The molecule has 0 amide bonds. The molecule has 3 heterocycles. The lowest BCUT2D eigenvalue weighted by Crippen LogP contribution is -2.03. The Kier molecular flexibility index (Phi) is 2.55. The van der Waals surface area contributed by atoms with Gasteiger partial charge in [0.1, 0.15) is 5.65 Å². The zero-order valence-corrected chi connectivity index (χ0v) is 10.9. The minimum Gasteiger partial charge on any atom is -0.482 e. The second-order valence-electron chi connectivity index (χ2n) is 4.56. The van der Waals surface area contributed by atoms with Crippen LogP contribution in [-0.2, 0) is 9.84 Å². The summed E-state index contributed by atoms with van der Waals surface area (Å²) in [5.41, 5.74) is 1.62. The third-order valence-corrected chi connectivity index (χ3v) is 5.10. The molecule has 0 spiro atoms. The minimum absolute atomic E-state index is 0.0135. The summed E-state index contributed by atoms with van der Waals surface area (Å²) in [6, 6.07) is 5.61. The van der Waals surface area contributed by atoms with Crippen LogP contribution in [-0.4, -0.2) is 36.4 Å². The molecule has 0 saturated carbocycles. The smallest absolute Gasteiger partial charge is 0.198 e. The first-order valence-corrected chi connectivity index (χ1v) is 7.63. The summed E-state index contributed by atoms with van der Waals surface area (Å²) in [7, 11) is -1.27. The zero-order valence-electron chi connectivity index (χ0n) is 10.0. The quantitative estimate of drug-likeness (QED) is 0.820. The van der Waals surface area contributed by atoms with Crippen LogP contribution in [0.1, 0.15) is 18.0 Å². The molecule has 2 aromatic heterocycles. The van der Waals surface area contributed by atoms with Crippen molar-refractivity contribution >= 4 is 15.5 Å². The lowest BCUT2D eigenvalue weighted by Gasteiger charge is -2.02. The number of rotatable bonds is 2. The third-order valence-electron chi connectivity index (χ3n) is 3.33. The fourth-order valence-corrected chi connectivity index (χ4v) is 4.16. The first kappa shape index (κ1) is 11.5. The van der Waals surface area contributed by atoms with Crippen molar-refractivity contribution in [3.05, 3.63) is 30.1 Å². The maximum atomic E-state index is 11.5. The second kappa shape index (κ2) is 3.98. The molecule has 6 heteroatoms. The Bertz CT molecular complexity index is 690. The Morgan fingerprint density at radius 1 is 1.44 bits per heavy atom. The molecule has 18 heavy (non-hydrogen) atoms. The van der Waals surface area contributed by atoms with Crippen molar-refractivity contribution in [2.24, 2.45) is 0 Å². The predicted molar refractivity (Wildman–Crippen MR) is 67.8 cm³/mol. The Balaban J connectivity index is 2.04. The molecule has 2 aromatic rings. The molecule has 1 unspecified atom stereocenters. The Morgan fingerprint density at radius 3 is 2.94 bits per heavy atom. The van der Waals surface area contributed by atoms with E-state index < -0.39 is 9.84 Å². The highest BCUT2D eigenvalue weighted by Crippen LogP contribution is 2.29. The van der Waals surface area contributed by atoms with Gasteiger partial charge in [0.15, 0.2) is 15.7 Å². The van der Waals surface area contributed by atoms with E-state index in [2.05, 4.69) is 4.98 Å². The highest BCUT2D eigenvalue weighted by Gasteiger charge is 2.30. The van der Waals surface area contributed by atoms with Gasteiger partial charge in [0.25, 0.3) is 0 Å². The number of pyridine rings is 1. The average Bonchev–Trinajstić information content (AvgIpc) is 2.91. The van der Waals surface area contributed by atoms with E-state index in [0.29, 0.717) is 12.3 Å². The SMILES string of the molecule is COc1cccc2nc(C3CCS(=O)(=O)C3)cn12. The highest BCUT2D eigenvalue weighted by atomic mass is 32.2. The summed E-state index contributed by atoms with van der Waals surface area (Å²) >= 11 is 0. The first-order chi connectivity index (χ1) is 8.59. The summed E-state index contributed by atoms with van der Waals surface area (Å²) in [5, 5.41) is 0. The van der Waals surface area contributed by atoms with Crippen molar-refractivity contribution < 1.29 is 13.2 Å². The average molecular weight is 266 g/mol. The molecule has 1 atom stereocenters. The van der Waals surface area contributed by atoms with Crippen LogP contribution in [0.2, 0.25) is 0 Å². The van der Waals surface area contributed by atoms with Gasteiger partial charge in [-0.2, -0.15) is 0 Å². The van der Waals surface area contributed by atoms with E-state index in [0.717, 1.165) is 11.3 Å². The summed E-state index contributed by atoms with van der Waals surface area (Å²) in [5.74, 6) is 1.19. The minimum atomic E-state index is -2.88. The van der Waals surface area contributed by atoms with Gasteiger partial charge in [0.2, 0.25) is 0 Å². The molecule has 1 aliphatic heterocycles. The van der Waals surface area contributed by atoms with E-state index in [1.54, 1.807) is 7.11 Å². The molecule has 0 bridgehead atoms. The molecule has 96 valence electrons. The van der Waals surface area contributed by atoms with Gasteiger partial charge in [-0.25, -0.2) is 13.4 Å². The molecule has 0 N–H and O–H groups in total. The summed E-state index contributed by atoms with van der Waals surface area (Å²) in [4.78, 5) is 4.49. The van der Waals surface area contributed by atoms with Crippen LogP contribution in [0.15, 0.2) is 24.4 Å². The van der Waals surface area contributed by atoms with Gasteiger partial charge in [-0.3, -0.25) is 4.40 Å². The molecule has 5 nitrogen and oxygen atoms in total. The maximum Gasteiger partial charge on any atom is 0.198 e. The van der Waals surface area contributed by atoms with Crippen molar-refractivity contribution in [1.29, 1.82) is 0 Å². The van der Waals surface area contributed by atoms with Crippen molar-refractivity contribution in [3.8, 4) is 5.88 Å². The number of nitrogens with zero attached hydrogens (tertiary/aromatic N) is 2. The molecular formula is C12H14N2O3S. The third kappa shape index (κ3) is 1.86. The Labute approximate surface area is 105 Å². The Morgan fingerprint density at radius 2 is 2.28 bits per heavy atom. The number of hydrogen-bond acceptors (Lipinski definition) is 4. The molecular weight excluding hydrogens is 252 g/mol. The summed E-state index contributed by atoms with van der Waals surface area (Å²) in [6.45, 7) is 0. The number of methoxy groups -OCH3 is 1. The lowest BCUT2D eigenvalue weighted by molar-refractivity contribution is 0.392. The standard InChI is InChI=1S/C12H14N2O3S/c1-17-12-4-2-3-11-13-10(7-14(11)12)9-5-6-18(15,16)8-9/h2-4,7,9H,5-6,8H2,1H3. The van der Waals surface area contributed by atoms with Crippen molar-refractivity contribution in [2.45, 2.75) is 12.3 Å². The summed E-state index contributed by atoms with van der Waals surface area (Å²) in [6.07, 6.45) is 2.54. The van der Waals surface area contributed by atoms with E-state index in [4.69, 9.17) is 4.74 Å². The van der Waals surface area contributed by atoms with Crippen LogP contribution in [0.4, 0.5) is 0 Å². The van der Waals surface area contributed by atoms with Crippen LogP contribution >= 0.6 is 0 Å². The number of imidazole rings is 1. The van der Waals surface area contributed by atoms with Crippen molar-refractivity contribution in [3.63, 3.8) is 0 Å². The monoisotopic (exact) mass is 266 g/mol. The van der Waals surface area contributed by atoms with Crippen molar-refractivity contribution in [2.75, 3.05) is 18.6 Å². The van der Waals surface area contributed by atoms with Gasteiger partial charge in [-0.15, -0.1) is 0 Å². The number of aromatic nitrogens is 2. The molecule has 0 aliphatic carbocycles. The number of hydrogen-bond donors (Lipinski definition) is 0. The van der Waals surface area contributed by atoms with Gasteiger partial charge in [0.05, 0.1) is 24.3 Å². The normalized spacial score (nSPS) is 22.4. The van der Waals surface area contributed by atoms with E-state index >= 15 is 0 Å². The van der Waals surface area contributed by atoms with Crippen LogP contribution in [0, 0.1) is 0 Å². The van der Waals surface area contributed by atoms with Crippen molar-refractivity contribution in [1.82, 2.24) is 9.38 Å². The first-order valence-electron chi connectivity index (χ1n) is 5.81. The fraction of sp³-hybridized carbons (Fsp3) is 0.417. The lowest BCUT2D eigenvalue weighted by atomic mass is 10.1. The largest absolute Gasteiger partial charge is 0.482 e. The zero-order chi connectivity index (χ0) is 12.8.